The smallest absolute Gasteiger partial charge is 0.271 e. The standard InChI is InChI=1S/C12H13N5O/c13-9-3-1-8(2-4-9)7-17-12-10(11(14)18)15-5-6-16-12/h1-6H,7,13H2,(H2,14,18)(H,16,17). The van der Waals surface area contributed by atoms with Gasteiger partial charge in [-0.25, -0.2) is 9.97 Å². The number of hydrogen-bond donors (Lipinski definition) is 3. The van der Waals surface area contributed by atoms with E-state index < -0.39 is 5.91 Å². The van der Waals surface area contributed by atoms with Crippen LogP contribution in [-0.2, 0) is 6.54 Å². The molecule has 0 spiro atoms. The number of nitrogens with zero attached hydrogens (tertiary/aromatic N) is 2. The van der Waals surface area contributed by atoms with Crippen molar-refractivity contribution in [3.05, 3.63) is 47.9 Å². The van der Waals surface area contributed by atoms with Gasteiger partial charge < -0.3 is 16.8 Å². The number of anilines is 2. The first-order valence-corrected chi connectivity index (χ1v) is 5.36. The zero-order valence-corrected chi connectivity index (χ0v) is 9.63. The number of benzene rings is 1. The molecule has 0 saturated carbocycles. The fourth-order valence-corrected chi connectivity index (χ4v) is 1.47. The summed E-state index contributed by atoms with van der Waals surface area (Å²) in [4.78, 5) is 19.1. The maximum Gasteiger partial charge on any atom is 0.271 e. The van der Waals surface area contributed by atoms with E-state index in [9.17, 15) is 4.79 Å². The van der Waals surface area contributed by atoms with Crippen molar-refractivity contribution in [2.75, 3.05) is 11.1 Å². The van der Waals surface area contributed by atoms with Gasteiger partial charge in [-0.05, 0) is 17.7 Å². The highest BCUT2D eigenvalue weighted by Gasteiger charge is 2.09. The minimum Gasteiger partial charge on any atom is -0.399 e. The summed E-state index contributed by atoms with van der Waals surface area (Å²) in [6.45, 7) is 0.513. The molecule has 0 unspecified atom stereocenters. The van der Waals surface area contributed by atoms with Crippen LogP contribution in [0.5, 0.6) is 0 Å². The molecule has 6 heteroatoms. The maximum absolute atomic E-state index is 11.1. The van der Waals surface area contributed by atoms with Crippen LogP contribution in [0.15, 0.2) is 36.7 Å². The van der Waals surface area contributed by atoms with Crippen LogP contribution in [0.2, 0.25) is 0 Å². The summed E-state index contributed by atoms with van der Waals surface area (Å²) in [5.41, 5.74) is 12.7. The first-order chi connectivity index (χ1) is 8.66. The first kappa shape index (κ1) is 11.8. The van der Waals surface area contributed by atoms with Crippen molar-refractivity contribution < 1.29 is 4.79 Å². The van der Waals surface area contributed by atoms with Crippen LogP contribution in [-0.4, -0.2) is 15.9 Å². The number of rotatable bonds is 4. The molecule has 1 heterocycles. The molecule has 0 aliphatic rings. The lowest BCUT2D eigenvalue weighted by Gasteiger charge is -2.08. The SMILES string of the molecule is NC(=O)c1nccnc1NCc1ccc(N)cc1. The fourth-order valence-electron chi connectivity index (χ4n) is 1.47. The van der Waals surface area contributed by atoms with Crippen molar-refractivity contribution in [1.29, 1.82) is 0 Å². The van der Waals surface area contributed by atoms with E-state index in [1.807, 2.05) is 24.3 Å². The lowest BCUT2D eigenvalue weighted by molar-refractivity contribution is 0.0996. The maximum atomic E-state index is 11.1. The monoisotopic (exact) mass is 243 g/mol. The Hall–Kier alpha value is -2.63. The second kappa shape index (κ2) is 5.13. The molecule has 0 atom stereocenters. The number of primary amides is 1. The van der Waals surface area contributed by atoms with E-state index in [0.717, 1.165) is 5.56 Å². The molecule has 6 nitrogen and oxygen atoms in total. The van der Waals surface area contributed by atoms with Gasteiger partial charge in [-0.2, -0.15) is 0 Å². The van der Waals surface area contributed by atoms with Gasteiger partial charge in [0, 0.05) is 24.6 Å². The molecule has 0 fully saturated rings. The molecule has 0 bridgehead atoms. The highest BCUT2D eigenvalue weighted by atomic mass is 16.1. The minimum absolute atomic E-state index is 0.132. The Labute approximate surface area is 104 Å². The van der Waals surface area contributed by atoms with Gasteiger partial charge in [0.15, 0.2) is 11.5 Å². The summed E-state index contributed by atoms with van der Waals surface area (Å²) in [6.07, 6.45) is 2.92. The number of nitrogens with one attached hydrogen (secondary N) is 1. The van der Waals surface area contributed by atoms with Gasteiger partial charge in [0.25, 0.3) is 5.91 Å². The topological polar surface area (TPSA) is 107 Å². The molecule has 18 heavy (non-hydrogen) atoms. The Morgan fingerprint density at radius 3 is 2.50 bits per heavy atom. The highest BCUT2D eigenvalue weighted by molar-refractivity contribution is 5.95. The summed E-state index contributed by atoms with van der Waals surface area (Å²) < 4.78 is 0. The Morgan fingerprint density at radius 1 is 1.17 bits per heavy atom. The molecule has 92 valence electrons. The Kier molecular flexibility index (Phi) is 3.38. The Bertz CT molecular complexity index is 553. The van der Waals surface area contributed by atoms with Crippen molar-refractivity contribution in [3.8, 4) is 0 Å². The van der Waals surface area contributed by atoms with Crippen LogP contribution >= 0.6 is 0 Å². The summed E-state index contributed by atoms with van der Waals surface area (Å²) in [5, 5.41) is 3.02. The molecular formula is C12H13N5O. The van der Waals surface area contributed by atoms with E-state index in [4.69, 9.17) is 11.5 Å². The van der Waals surface area contributed by atoms with Gasteiger partial charge in [-0.1, -0.05) is 12.1 Å². The van der Waals surface area contributed by atoms with Gasteiger partial charge in [0.05, 0.1) is 0 Å². The molecule has 1 aromatic heterocycles. The zero-order valence-electron chi connectivity index (χ0n) is 9.63. The number of carbonyl (C=O) groups excluding carboxylic acids is 1. The van der Waals surface area contributed by atoms with Gasteiger partial charge in [0.1, 0.15) is 0 Å². The van der Waals surface area contributed by atoms with E-state index >= 15 is 0 Å². The average Bonchev–Trinajstić information content (AvgIpc) is 2.38. The van der Waals surface area contributed by atoms with Crippen LogP contribution in [0.1, 0.15) is 16.1 Å². The van der Waals surface area contributed by atoms with Crippen LogP contribution in [0.3, 0.4) is 0 Å². The van der Waals surface area contributed by atoms with Crippen molar-refractivity contribution in [1.82, 2.24) is 9.97 Å². The minimum atomic E-state index is -0.608. The quantitative estimate of drug-likeness (QED) is 0.687. The van der Waals surface area contributed by atoms with Crippen LogP contribution in [0, 0.1) is 0 Å². The van der Waals surface area contributed by atoms with E-state index in [0.29, 0.717) is 18.1 Å². The van der Waals surface area contributed by atoms with E-state index in [-0.39, 0.29) is 5.69 Å². The molecule has 5 N–H and O–H groups in total. The zero-order chi connectivity index (χ0) is 13.0. The van der Waals surface area contributed by atoms with E-state index in [1.165, 1.54) is 12.4 Å². The molecule has 1 aromatic carbocycles. The molecular weight excluding hydrogens is 230 g/mol. The third kappa shape index (κ3) is 2.73. The number of aromatic nitrogens is 2. The lowest BCUT2D eigenvalue weighted by Crippen LogP contribution is -2.17. The van der Waals surface area contributed by atoms with Gasteiger partial charge in [0.2, 0.25) is 0 Å². The van der Waals surface area contributed by atoms with Crippen LogP contribution in [0.25, 0.3) is 0 Å². The van der Waals surface area contributed by atoms with Gasteiger partial charge in [-0.3, -0.25) is 4.79 Å². The van der Waals surface area contributed by atoms with Gasteiger partial charge in [-0.15, -0.1) is 0 Å². The molecule has 0 saturated heterocycles. The normalized spacial score (nSPS) is 10.0. The summed E-state index contributed by atoms with van der Waals surface area (Å²) in [6, 6.07) is 7.40. The third-order valence-corrected chi connectivity index (χ3v) is 2.37. The highest BCUT2D eigenvalue weighted by Crippen LogP contribution is 2.11. The number of carbonyl (C=O) groups is 1. The molecule has 0 radical (unpaired) electrons. The Morgan fingerprint density at radius 2 is 1.83 bits per heavy atom. The van der Waals surface area contributed by atoms with Crippen molar-refractivity contribution in [2.45, 2.75) is 6.54 Å². The third-order valence-electron chi connectivity index (χ3n) is 2.37. The van der Waals surface area contributed by atoms with Crippen molar-refractivity contribution in [2.24, 2.45) is 5.73 Å². The summed E-state index contributed by atoms with van der Waals surface area (Å²) in [7, 11) is 0. The van der Waals surface area contributed by atoms with E-state index in [2.05, 4.69) is 15.3 Å². The molecule has 0 aliphatic carbocycles. The summed E-state index contributed by atoms with van der Waals surface area (Å²) in [5.74, 6) is -0.232. The second-order valence-corrected chi connectivity index (χ2v) is 3.71. The molecule has 2 aromatic rings. The van der Waals surface area contributed by atoms with Crippen molar-refractivity contribution >= 4 is 17.4 Å². The number of hydrogen-bond acceptors (Lipinski definition) is 5. The Balaban J connectivity index is 2.10. The van der Waals surface area contributed by atoms with Gasteiger partial charge >= 0.3 is 0 Å². The largest absolute Gasteiger partial charge is 0.399 e. The van der Waals surface area contributed by atoms with Crippen molar-refractivity contribution in [3.63, 3.8) is 0 Å². The lowest BCUT2D eigenvalue weighted by atomic mass is 10.2. The predicted molar refractivity (Wildman–Crippen MR) is 68.7 cm³/mol. The number of nitrogen functional groups attached to an aromatic ring is 1. The van der Waals surface area contributed by atoms with Crippen LogP contribution < -0.4 is 16.8 Å². The first-order valence-electron chi connectivity index (χ1n) is 5.36. The molecule has 0 aliphatic heterocycles. The predicted octanol–water partition coefficient (Wildman–Crippen LogP) is 0.770. The second-order valence-electron chi connectivity index (χ2n) is 3.71. The number of amides is 1. The molecule has 2 rings (SSSR count). The van der Waals surface area contributed by atoms with Crippen LogP contribution in [0.4, 0.5) is 11.5 Å². The molecule has 1 amide bonds. The fraction of sp³-hybridized carbons (Fsp3) is 0.0833. The van der Waals surface area contributed by atoms with E-state index in [1.54, 1.807) is 0 Å². The average molecular weight is 243 g/mol. The number of nitrogens with two attached hydrogens (primary N) is 2. The summed E-state index contributed by atoms with van der Waals surface area (Å²) >= 11 is 0.